The predicted molar refractivity (Wildman–Crippen MR) is 55.8 cm³/mol. The SMILES string of the molecule is CNC1CCCCC1.[SiH3][SiH3]. The molecule has 1 nitrogen and oxygen atoms in total. The van der Waals surface area contributed by atoms with E-state index in [1.54, 1.807) is 0 Å². The van der Waals surface area contributed by atoms with E-state index in [1.807, 2.05) is 0 Å². The molecule has 0 atom stereocenters. The minimum Gasteiger partial charge on any atom is -0.317 e. The number of rotatable bonds is 1. The summed E-state index contributed by atoms with van der Waals surface area (Å²) in [6, 6.07) is 0.837. The molecule has 1 fully saturated rings. The first-order valence-electron chi connectivity index (χ1n) is 4.61. The Labute approximate surface area is 70.6 Å². The van der Waals surface area contributed by atoms with Crippen molar-refractivity contribution >= 4 is 19.5 Å². The highest BCUT2D eigenvalue weighted by Crippen LogP contribution is 2.16. The Balaban J connectivity index is 0.000000371. The normalized spacial score (nSPS) is 20.1. The molecular weight excluding hydrogens is 154 g/mol. The molecule has 0 heterocycles. The van der Waals surface area contributed by atoms with Gasteiger partial charge in [0.1, 0.15) is 0 Å². The van der Waals surface area contributed by atoms with E-state index >= 15 is 0 Å². The molecule has 0 radical (unpaired) electrons. The van der Waals surface area contributed by atoms with Gasteiger partial charge >= 0.3 is 0 Å². The Morgan fingerprint density at radius 1 is 1.10 bits per heavy atom. The zero-order chi connectivity index (χ0) is 7.82. The van der Waals surface area contributed by atoms with Crippen LogP contribution in [0.2, 0.25) is 0 Å². The van der Waals surface area contributed by atoms with Gasteiger partial charge in [-0.3, -0.25) is 0 Å². The van der Waals surface area contributed by atoms with Crippen LogP contribution in [0.15, 0.2) is 0 Å². The Bertz CT molecular complexity index is 62.6. The van der Waals surface area contributed by atoms with Crippen LogP contribution in [0.3, 0.4) is 0 Å². The average Bonchev–Trinajstić information content (AvgIpc) is 2.10. The second kappa shape index (κ2) is 7.50. The van der Waals surface area contributed by atoms with Crippen LogP contribution in [0.1, 0.15) is 32.1 Å². The first kappa shape index (κ1) is 10.4. The van der Waals surface area contributed by atoms with Crippen molar-refractivity contribution in [2.75, 3.05) is 7.05 Å². The van der Waals surface area contributed by atoms with Gasteiger partial charge in [-0.15, -0.1) is 0 Å². The maximum Gasteiger partial charge on any atom is 0.00640 e. The van der Waals surface area contributed by atoms with Gasteiger partial charge in [-0.1, -0.05) is 19.3 Å². The molecule has 62 valence electrons. The molecule has 1 aliphatic carbocycles. The first-order chi connectivity index (χ1) is 4.93. The summed E-state index contributed by atoms with van der Waals surface area (Å²) in [5.41, 5.74) is 0. The fourth-order valence-corrected chi connectivity index (χ4v) is 1.39. The summed E-state index contributed by atoms with van der Waals surface area (Å²) >= 11 is 0. The van der Waals surface area contributed by atoms with Crippen LogP contribution >= 0.6 is 0 Å². The third-order valence-corrected chi connectivity index (χ3v) is 2.01. The zero-order valence-corrected chi connectivity index (χ0v) is 11.6. The number of hydrogen-bond acceptors (Lipinski definition) is 1. The lowest BCUT2D eigenvalue weighted by molar-refractivity contribution is 0.394. The maximum atomic E-state index is 3.30. The van der Waals surface area contributed by atoms with Crippen molar-refractivity contribution in [3.63, 3.8) is 0 Å². The van der Waals surface area contributed by atoms with E-state index in [1.165, 1.54) is 51.6 Å². The second-order valence-corrected chi connectivity index (χ2v) is 2.62. The van der Waals surface area contributed by atoms with Crippen molar-refractivity contribution in [1.29, 1.82) is 0 Å². The molecule has 0 spiro atoms. The Hall–Kier alpha value is 0.394. The highest BCUT2D eigenvalue weighted by atomic mass is 29.1. The molecule has 0 unspecified atom stereocenters. The minimum absolute atomic E-state index is 0.837. The molecular formula is C7H21NSi2. The summed E-state index contributed by atoms with van der Waals surface area (Å²) in [7, 11) is 4.95. The molecule has 0 saturated heterocycles. The lowest BCUT2D eigenvalue weighted by atomic mass is 9.96. The van der Waals surface area contributed by atoms with E-state index in [-0.39, 0.29) is 0 Å². The molecule has 1 N–H and O–H groups in total. The second-order valence-electron chi connectivity index (χ2n) is 2.62. The van der Waals surface area contributed by atoms with Gasteiger partial charge in [-0.05, 0) is 39.4 Å². The van der Waals surface area contributed by atoms with Gasteiger partial charge in [-0.2, -0.15) is 0 Å². The number of nitrogens with one attached hydrogen (secondary N) is 1. The van der Waals surface area contributed by atoms with Crippen molar-refractivity contribution in [2.45, 2.75) is 38.1 Å². The van der Waals surface area contributed by atoms with E-state index in [9.17, 15) is 0 Å². The van der Waals surface area contributed by atoms with E-state index in [2.05, 4.69) is 12.4 Å². The third-order valence-electron chi connectivity index (χ3n) is 2.01. The molecule has 0 bridgehead atoms. The summed E-state index contributed by atoms with van der Waals surface area (Å²) in [5, 5.41) is 3.30. The van der Waals surface area contributed by atoms with Gasteiger partial charge in [-0.25, -0.2) is 0 Å². The van der Waals surface area contributed by atoms with Gasteiger partial charge in [0.05, 0.1) is 0 Å². The van der Waals surface area contributed by atoms with Crippen LogP contribution in [-0.2, 0) is 0 Å². The van der Waals surface area contributed by atoms with Gasteiger partial charge in [0, 0.05) is 6.04 Å². The van der Waals surface area contributed by atoms with E-state index < -0.39 is 0 Å². The molecule has 1 saturated carbocycles. The molecule has 0 aromatic carbocycles. The third kappa shape index (κ3) is 4.25. The molecule has 0 aromatic rings. The largest absolute Gasteiger partial charge is 0.317 e. The van der Waals surface area contributed by atoms with E-state index in [4.69, 9.17) is 0 Å². The fraction of sp³-hybridized carbons (Fsp3) is 1.00. The Kier molecular flexibility index (Phi) is 7.80. The first-order valence-corrected chi connectivity index (χ1v) is 12.6. The standard InChI is InChI=1S/C7H15N.H6Si2/c1-8-7-5-3-2-4-6-7;1-2/h7-8H,2-6H2,1H3;1-2H3. The lowest BCUT2D eigenvalue weighted by Gasteiger charge is -2.20. The molecule has 10 heavy (non-hydrogen) atoms. The van der Waals surface area contributed by atoms with Crippen molar-refractivity contribution in [3.8, 4) is 0 Å². The highest BCUT2D eigenvalue weighted by molar-refractivity contribution is 6.75. The molecule has 3 heteroatoms. The summed E-state index contributed by atoms with van der Waals surface area (Å²) < 4.78 is 0. The molecule has 0 aromatic heterocycles. The monoisotopic (exact) mass is 175 g/mol. The van der Waals surface area contributed by atoms with Crippen LogP contribution in [-0.4, -0.2) is 32.6 Å². The summed E-state index contributed by atoms with van der Waals surface area (Å²) in [6.07, 6.45) is 7.13. The van der Waals surface area contributed by atoms with Crippen molar-refractivity contribution in [2.24, 2.45) is 0 Å². The van der Waals surface area contributed by atoms with E-state index in [0.717, 1.165) is 6.04 Å². The zero-order valence-electron chi connectivity index (χ0n) is 7.61. The van der Waals surface area contributed by atoms with Gasteiger partial charge in [0.2, 0.25) is 0 Å². The smallest absolute Gasteiger partial charge is 0.00640 e. The summed E-state index contributed by atoms with van der Waals surface area (Å²) in [6.45, 7) is 0. The van der Waals surface area contributed by atoms with Crippen LogP contribution in [0.5, 0.6) is 0 Å². The van der Waals surface area contributed by atoms with Crippen molar-refractivity contribution in [3.05, 3.63) is 0 Å². The van der Waals surface area contributed by atoms with Crippen LogP contribution in [0.4, 0.5) is 0 Å². The summed E-state index contributed by atoms with van der Waals surface area (Å²) in [4.78, 5) is 0. The quantitative estimate of drug-likeness (QED) is 0.513. The van der Waals surface area contributed by atoms with Crippen LogP contribution in [0, 0.1) is 0 Å². The summed E-state index contributed by atoms with van der Waals surface area (Å²) in [5.74, 6) is 0. The average molecular weight is 175 g/mol. The maximum absolute atomic E-state index is 3.30. The molecule has 0 amide bonds. The predicted octanol–water partition coefficient (Wildman–Crippen LogP) is -0.829. The fourth-order valence-electron chi connectivity index (χ4n) is 1.39. The van der Waals surface area contributed by atoms with Gasteiger partial charge < -0.3 is 5.32 Å². The molecule has 1 rings (SSSR count). The highest BCUT2D eigenvalue weighted by Gasteiger charge is 2.09. The van der Waals surface area contributed by atoms with Crippen molar-refractivity contribution in [1.82, 2.24) is 5.32 Å². The molecule has 1 aliphatic rings. The lowest BCUT2D eigenvalue weighted by Crippen LogP contribution is -2.26. The Morgan fingerprint density at radius 2 is 1.60 bits per heavy atom. The Morgan fingerprint density at radius 3 is 1.90 bits per heavy atom. The molecule has 0 aliphatic heterocycles. The minimum atomic E-state index is 0.837. The van der Waals surface area contributed by atoms with Crippen LogP contribution < -0.4 is 5.32 Å². The van der Waals surface area contributed by atoms with Crippen molar-refractivity contribution < 1.29 is 0 Å². The van der Waals surface area contributed by atoms with Crippen LogP contribution in [0.25, 0.3) is 0 Å². The topological polar surface area (TPSA) is 12.0 Å². The number of hydrogen-bond donors (Lipinski definition) is 1. The van der Waals surface area contributed by atoms with E-state index in [0.29, 0.717) is 0 Å². The van der Waals surface area contributed by atoms with Gasteiger partial charge in [0.25, 0.3) is 0 Å². The van der Waals surface area contributed by atoms with Gasteiger partial charge in [0.15, 0.2) is 0 Å².